The van der Waals surface area contributed by atoms with Gasteiger partial charge in [-0.1, -0.05) is 6.07 Å². The predicted octanol–water partition coefficient (Wildman–Crippen LogP) is 1.66. The van der Waals surface area contributed by atoms with Crippen molar-refractivity contribution in [2.45, 2.75) is 36.6 Å². The number of hydrogen-bond donors (Lipinski definition) is 2. The molecule has 27 heavy (non-hydrogen) atoms. The van der Waals surface area contributed by atoms with Crippen LogP contribution in [0.15, 0.2) is 23.1 Å². The van der Waals surface area contributed by atoms with Gasteiger partial charge in [0, 0.05) is 19.6 Å². The van der Waals surface area contributed by atoms with Crippen molar-refractivity contribution in [3.8, 4) is 0 Å². The van der Waals surface area contributed by atoms with Gasteiger partial charge in [-0.15, -0.1) is 12.4 Å². The number of hydrogen-bond acceptors (Lipinski definition) is 4. The topological polar surface area (TPSA) is 78.5 Å². The maximum absolute atomic E-state index is 13.9. The molecule has 10 heteroatoms. The molecule has 0 aromatic heterocycles. The molecule has 2 atom stereocenters. The van der Waals surface area contributed by atoms with Crippen LogP contribution >= 0.6 is 12.4 Å². The molecule has 0 aliphatic carbocycles. The van der Waals surface area contributed by atoms with Gasteiger partial charge in [-0.05, 0) is 50.3 Å². The van der Waals surface area contributed by atoms with Gasteiger partial charge in [-0.3, -0.25) is 4.79 Å². The van der Waals surface area contributed by atoms with E-state index in [1.54, 1.807) is 0 Å². The van der Waals surface area contributed by atoms with Crippen molar-refractivity contribution in [1.29, 1.82) is 0 Å². The quantitative estimate of drug-likeness (QED) is 0.755. The number of amides is 1. The predicted molar refractivity (Wildman–Crippen MR) is 99.1 cm³/mol. The summed E-state index contributed by atoms with van der Waals surface area (Å²) in [4.78, 5) is 11.4. The van der Waals surface area contributed by atoms with E-state index in [9.17, 15) is 22.0 Å². The van der Waals surface area contributed by atoms with Crippen LogP contribution in [-0.4, -0.2) is 50.9 Å². The zero-order chi connectivity index (χ0) is 18.7. The molecule has 2 heterocycles. The molecule has 2 unspecified atom stereocenters. The summed E-state index contributed by atoms with van der Waals surface area (Å²) >= 11 is 0. The van der Waals surface area contributed by atoms with Crippen LogP contribution < -0.4 is 10.6 Å². The number of halogens is 3. The Morgan fingerprint density at radius 2 is 2.04 bits per heavy atom. The Morgan fingerprint density at radius 1 is 1.26 bits per heavy atom. The molecule has 0 radical (unpaired) electrons. The van der Waals surface area contributed by atoms with Gasteiger partial charge in [0.15, 0.2) is 11.6 Å². The molecule has 1 aromatic rings. The summed E-state index contributed by atoms with van der Waals surface area (Å²) in [5.41, 5.74) is 0. The molecular weight excluding hydrogens is 400 g/mol. The number of rotatable bonds is 5. The number of benzene rings is 1. The van der Waals surface area contributed by atoms with Gasteiger partial charge in [0.25, 0.3) is 0 Å². The summed E-state index contributed by atoms with van der Waals surface area (Å²) in [7, 11) is -4.11. The van der Waals surface area contributed by atoms with E-state index < -0.39 is 26.6 Å². The van der Waals surface area contributed by atoms with Gasteiger partial charge in [0.05, 0.1) is 6.04 Å². The highest BCUT2D eigenvalue weighted by Crippen LogP contribution is 2.26. The number of sulfonamides is 1. The van der Waals surface area contributed by atoms with Gasteiger partial charge in [0.2, 0.25) is 15.9 Å². The normalized spacial score (nSPS) is 23.6. The highest BCUT2D eigenvalue weighted by Gasteiger charge is 2.33. The average molecular weight is 424 g/mol. The van der Waals surface area contributed by atoms with E-state index in [1.165, 1.54) is 10.4 Å². The van der Waals surface area contributed by atoms with E-state index in [-0.39, 0.29) is 43.4 Å². The second-order valence-corrected chi connectivity index (χ2v) is 8.72. The van der Waals surface area contributed by atoms with Crippen molar-refractivity contribution < 1.29 is 22.0 Å². The average Bonchev–Trinajstić information content (AvgIpc) is 3.17. The third kappa shape index (κ3) is 4.96. The minimum Gasteiger partial charge on any atom is -0.354 e. The minimum atomic E-state index is -4.11. The van der Waals surface area contributed by atoms with Crippen molar-refractivity contribution in [1.82, 2.24) is 14.9 Å². The van der Waals surface area contributed by atoms with Gasteiger partial charge in [0.1, 0.15) is 4.90 Å². The van der Waals surface area contributed by atoms with Gasteiger partial charge < -0.3 is 10.6 Å². The monoisotopic (exact) mass is 423 g/mol. The highest BCUT2D eigenvalue weighted by molar-refractivity contribution is 7.89. The van der Waals surface area contributed by atoms with Crippen LogP contribution in [-0.2, 0) is 14.8 Å². The minimum absolute atomic E-state index is 0. The smallest absolute Gasteiger partial charge is 0.246 e. The first-order valence-corrected chi connectivity index (χ1v) is 10.3. The third-order valence-corrected chi connectivity index (χ3v) is 6.84. The van der Waals surface area contributed by atoms with Gasteiger partial charge >= 0.3 is 0 Å². The third-order valence-electron chi connectivity index (χ3n) is 4.96. The largest absolute Gasteiger partial charge is 0.354 e. The summed E-state index contributed by atoms with van der Waals surface area (Å²) in [6, 6.07) is 2.96. The summed E-state index contributed by atoms with van der Waals surface area (Å²) < 4.78 is 53.9. The number of carbonyl (C=O) groups is 1. The molecule has 0 saturated carbocycles. The lowest BCUT2D eigenvalue weighted by molar-refractivity contribution is -0.123. The Labute approximate surface area is 164 Å². The molecule has 0 spiro atoms. The van der Waals surface area contributed by atoms with Crippen LogP contribution in [0.3, 0.4) is 0 Å². The Morgan fingerprint density at radius 3 is 2.74 bits per heavy atom. The summed E-state index contributed by atoms with van der Waals surface area (Å²) in [6.07, 6.45) is 3.15. The number of carbonyl (C=O) groups excluding carboxylic acids is 1. The Balaban J connectivity index is 0.00000261. The molecular formula is C17H24ClF2N3O3S. The molecule has 2 N–H and O–H groups in total. The molecule has 2 aliphatic rings. The van der Waals surface area contributed by atoms with Crippen molar-refractivity contribution in [3.63, 3.8) is 0 Å². The van der Waals surface area contributed by atoms with Crippen LogP contribution in [0.1, 0.15) is 25.7 Å². The van der Waals surface area contributed by atoms with Gasteiger partial charge in [-0.2, -0.15) is 4.31 Å². The SMILES string of the molecule is Cl.O=C(NCC1CCCN(S(=O)(=O)c2cccc(F)c2F)C1)C1CCCN1. The van der Waals surface area contributed by atoms with Crippen molar-refractivity contribution in [2.24, 2.45) is 5.92 Å². The van der Waals surface area contributed by atoms with Crippen molar-refractivity contribution in [3.05, 3.63) is 29.8 Å². The van der Waals surface area contributed by atoms with E-state index in [4.69, 9.17) is 0 Å². The number of piperidine rings is 1. The highest BCUT2D eigenvalue weighted by atomic mass is 35.5. The molecule has 2 saturated heterocycles. The van der Waals surface area contributed by atoms with E-state index in [0.717, 1.165) is 37.9 Å². The lowest BCUT2D eigenvalue weighted by Crippen LogP contribution is -2.46. The summed E-state index contributed by atoms with van der Waals surface area (Å²) in [5.74, 6) is -2.66. The molecule has 3 rings (SSSR count). The van der Waals surface area contributed by atoms with Crippen LogP contribution in [0.4, 0.5) is 8.78 Å². The molecule has 1 aromatic carbocycles. The van der Waals surface area contributed by atoms with E-state index >= 15 is 0 Å². The fourth-order valence-corrected chi connectivity index (χ4v) is 5.14. The molecule has 2 fully saturated rings. The number of nitrogens with zero attached hydrogens (tertiary/aromatic N) is 1. The molecule has 1 amide bonds. The zero-order valence-electron chi connectivity index (χ0n) is 14.8. The maximum atomic E-state index is 13.9. The molecule has 6 nitrogen and oxygen atoms in total. The Bertz CT molecular complexity index is 773. The first-order valence-electron chi connectivity index (χ1n) is 8.85. The van der Waals surface area contributed by atoms with Crippen LogP contribution in [0, 0.1) is 17.6 Å². The summed E-state index contributed by atoms with van der Waals surface area (Å²) in [5, 5.41) is 5.98. The molecule has 0 bridgehead atoms. The Hall–Kier alpha value is -1.29. The van der Waals surface area contributed by atoms with E-state index in [1.807, 2.05) is 0 Å². The molecule has 152 valence electrons. The second kappa shape index (κ2) is 9.27. The van der Waals surface area contributed by atoms with Gasteiger partial charge in [-0.25, -0.2) is 17.2 Å². The zero-order valence-corrected chi connectivity index (χ0v) is 16.4. The van der Waals surface area contributed by atoms with E-state index in [0.29, 0.717) is 13.0 Å². The van der Waals surface area contributed by atoms with Crippen molar-refractivity contribution >= 4 is 28.3 Å². The molecule has 2 aliphatic heterocycles. The summed E-state index contributed by atoms with van der Waals surface area (Å²) in [6.45, 7) is 1.63. The van der Waals surface area contributed by atoms with Crippen LogP contribution in [0.5, 0.6) is 0 Å². The van der Waals surface area contributed by atoms with Crippen molar-refractivity contribution in [2.75, 3.05) is 26.2 Å². The maximum Gasteiger partial charge on any atom is 0.246 e. The lowest BCUT2D eigenvalue weighted by Gasteiger charge is -2.32. The second-order valence-electron chi connectivity index (χ2n) is 6.82. The fraction of sp³-hybridized carbons (Fsp3) is 0.588. The van der Waals surface area contributed by atoms with Crippen LogP contribution in [0.25, 0.3) is 0 Å². The fourth-order valence-electron chi connectivity index (χ4n) is 3.51. The number of nitrogens with one attached hydrogen (secondary N) is 2. The standard InChI is InChI=1S/C17H23F2N3O3S.ClH/c18-13-5-1-7-15(16(13)19)26(24,25)22-9-3-4-12(11-22)10-21-17(23)14-6-2-8-20-14;/h1,5,7,12,14,20H,2-4,6,8-11H2,(H,21,23);1H. The van der Waals surface area contributed by atoms with Crippen LogP contribution in [0.2, 0.25) is 0 Å². The Kier molecular flexibility index (Phi) is 7.55. The first-order chi connectivity index (χ1) is 12.4. The van der Waals surface area contributed by atoms with E-state index in [2.05, 4.69) is 10.6 Å². The lowest BCUT2D eigenvalue weighted by atomic mass is 9.99. The first kappa shape index (κ1) is 22.0.